The number of halogens is 1. The Morgan fingerprint density at radius 1 is 1.36 bits per heavy atom. The van der Waals surface area contributed by atoms with Crippen LogP contribution in [0.5, 0.6) is 5.75 Å². The zero-order chi connectivity index (χ0) is 10.4. The maximum Gasteiger partial charge on any atom is 0.119 e. The van der Waals surface area contributed by atoms with Crippen molar-refractivity contribution in [3.8, 4) is 5.75 Å². The van der Waals surface area contributed by atoms with Gasteiger partial charge in [-0.1, -0.05) is 23.8 Å². The zero-order valence-electron chi connectivity index (χ0n) is 7.70. The van der Waals surface area contributed by atoms with Gasteiger partial charge in [-0.25, -0.2) is 0 Å². The van der Waals surface area contributed by atoms with Gasteiger partial charge in [0.05, 0.1) is 11.6 Å². The maximum absolute atomic E-state index is 5.73. The van der Waals surface area contributed by atoms with Gasteiger partial charge in [-0.05, 0) is 30.7 Å². The predicted molar refractivity (Wildman–Crippen MR) is 63.0 cm³/mol. The first-order chi connectivity index (χ1) is 6.68. The molecule has 0 saturated heterocycles. The minimum Gasteiger partial charge on any atom is -0.494 e. The first kappa shape index (κ1) is 11.3. The second-order valence-electron chi connectivity index (χ2n) is 2.87. The highest BCUT2D eigenvalue weighted by Gasteiger charge is 1.94. The molecule has 0 aliphatic rings. The van der Waals surface area contributed by atoms with Crippen molar-refractivity contribution in [1.29, 1.82) is 0 Å². The van der Waals surface area contributed by atoms with Crippen LogP contribution in [0.1, 0.15) is 12.8 Å². The Kier molecular flexibility index (Phi) is 4.70. The van der Waals surface area contributed by atoms with E-state index < -0.39 is 0 Å². The normalized spacial score (nSPS) is 9.79. The van der Waals surface area contributed by atoms with Crippen LogP contribution in [0.3, 0.4) is 0 Å². The van der Waals surface area contributed by atoms with Crippen molar-refractivity contribution in [3.05, 3.63) is 29.3 Å². The fraction of sp³-hybridized carbons (Fsp3) is 0.300. The number of rotatable bonds is 5. The minimum atomic E-state index is 0.532. The Labute approximate surface area is 94.0 Å². The summed E-state index contributed by atoms with van der Waals surface area (Å²) in [5.74, 6) is 0.817. The molecule has 2 nitrogen and oxygen atoms in total. The zero-order valence-corrected chi connectivity index (χ0v) is 9.27. The molecule has 0 aliphatic carbocycles. The van der Waals surface area contributed by atoms with Crippen LogP contribution in [0.4, 0.5) is 0 Å². The highest BCUT2D eigenvalue weighted by Crippen LogP contribution is 2.15. The van der Waals surface area contributed by atoms with E-state index in [2.05, 4.69) is 0 Å². The summed E-state index contributed by atoms with van der Waals surface area (Å²) in [6.45, 7) is 0.624. The molecule has 0 heterocycles. The summed E-state index contributed by atoms with van der Waals surface area (Å²) >= 11 is 10.5. The topological polar surface area (TPSA) is 35.2 Å². The molecule has 1 aromatic rings. The van der Waals surface area contributed by atoms with Gasteiger partial charge in [-0.3, -0.25) is 0 Å². The molecule has 1 rings (SSSR count). The lowest BCUT2D eigenvalue weighted by Gasteiger charge is -2.05. The monoisotopic (exact) mass is 229 g/mol. The third kappa shape index (κ3) is 4.44. The van der Waals surface area contributed by atoms with E-state index in [1.807, 2.05) is 12.1 Å². The van der Waals surface area contributed by atoms with E-state index in [9.17, 15) is 0 Å². The quantitative estimate of drug-likeness (QED) is 0.623. The molecule has 0 atom stereocenters. The molecule has 0 radical (unpaired) electrons. The van der Waals surface area contributed by atoms with Crippen molar-refractivity contribution in [2.45, 2.75) is 12.8 Å². The molecule has 4 heteroatoms. The van der Waals surface area contributed by atoms with Gasteiger partial charge < -0.3 is 10.5 Å². The summed E-state index contributed by atoms with van der Waals surface area (Å²) in [5.41, 5.74) is 5.35. The highest BCUT2D eigenvalue weighted by molar-refractivity contribution is 7.80. The van der Waals surface area contributed by atoms with Crippen LogP contribution >= 0.6 is 23.8 Å². The van der Waals surface area contributed by atoms with Crippen molar-refractivity contribution >= 4 is 28.8 Å². The molecule has 1 aromatic carbocycles. The van der Waals surface area contributed by atoms with Crippen molar-refractivity contribution < 1.29 is 4.74 Å². The molecular weight excluding hydrogens is 218 g/mol. The summed E-state index contributed by atoms with van der Waals surface area (Å²) in [4.78, 5) is 0.532. The van der Waals surface area contributed by atoms with Crippen LogP contribution in [-0.4, -0.2) is 11.6 Å². The molecule has 0 saturated carbocycles. The smallest absolute Gasteiger partial charge is 0.119 e. The summed E-state index contributed by atoms with van der Waals surface area (Å²) in [6.07, 6.45) is 1.57. The molecule has 0 aromatic heterocycles. The van der Waals surface area contributed by atoms with Crippen LogP contribution in [0, 0.1) is 0 Å². The Hall–Kier alpha value is -0.800. The van der Waals surface area contributed by atoms with Crippen LogP contribution in [0.25, 0.3) is 0 Å². The Morgan fingerprint density at radius 2 is 2.00 bits per heavy atom. The van der Waals surface area contributed by atoms with Crippen molar-refractivity contribution in [1.82, 2.24) is 0 Å². The largest absolute Gasteiger partial charge is 0.494 e. The van der Waals surface area contributed by atoms with E-state index in [4.69, 9.17) is 34.3 Å². The third-order valence-electron chi connectivity index (χ3n) is 1.65. The lowest BCUT2D eigenvalue weighted by molar-refractivity contribution is 0.314. The first-order valence-electron chi connectivity index (χ1n) is 4.35. The molecule has 0 fully saturated rings. The molecule has 0 aliphatic heterocycles. The van der Waals surface area contributed by atoms with Gasteiger partial charge in [-0.2, -0.15) is 0 Å². The van der Waals surface area contributed by atoms with E-state index in [-0.39, 0.29) is 0 Å². The minimum absolute atomic E-state index is 0.532. The lowest BCUT2D eigenvalue weighted by atomic mass is 10.3. The molecule has 76 valence electrons. The maximum atomic E-state index is 5.73. The molecule has 0 amide bonds. The highest BCUT2D eigenvalue weighted by atomic mass is 35.5. The molecule has 14 heavy (non-hydrogen) atoms. The number of hydrogen-bond acceptors (Lipinski definition) is 2. The number of ether oxygens (including phenoxy) is 1. The Bertz CT molecular complexity index is 299. The molecule has 0 spiro atoms. The summed E-state index contributed by atoms with van der Waals surface area (Å²) in [6, 6.07) is 7.26. The van der Waals surface area contributed by atoms with Gasteiger partial charge >= 0.3 is 0 Å². The van der Waals surface area contributed by atoms with Crippen molar-refractivity contribution in [3.63, 3.8) is 0 Å². The van der Waals surface area contributed by atoms with Crippen molar-refractivity contribution in [2.75, 3.05) is 6.61 Å². The van der Waals surface area contributed by atoms with E-state index in [1.54, 1.807) is 12.1 Å². The van der Waals surface area contributed by atoms with E-state index in [0.717, 1.165) is 18.6 Å². The fourth-order valence-electron chi connectivity index (χ4n) is 0.967. The van der Waals surface area contributed by atoms with Gasteiger partial charge in [0, 0.05) is 11.4 Å². The third-order valence-corrected chi connectivity index (χ3v) is 2.11. The number of hydrogen-bond donors (Lipinski definition) is 1. The predicted octanol–water partition coefficient (Wildman–Crippen LogP) is 2.79. The van der Waals surface area contributed by atoms with E-state index in [1.165, 1.54) is 0 Å². The molecule has 0 unspecified atom stereocenters. The fourth-order valence-corrected chi connectivity index (χ4v) is 1.24. The Morgan fingerprint density at radius 3 is 2.57 bits per heavy atom. The van der Waals surface area contributed by atoms with Gasteiger partial charge in [-0.15, -0.1) is 0 Å². The van der Waals surface area contributed by atoms with Gasteiger partial charge in [0.15, 0.2) is 0 Å². The summed E-state index contributed by atoms with van der Waals surface area (Å²) in [7, 11) is 0. The molecule has 0 bridgehead atoms. The summed E-state index contributed by atoms with van der Waals surface area (Å²) < 4.78 is 5.44. The van der Waals surface area contributed by atoms with E-state index in [0.29, 0.717) is 16.6 Å². The van der Waals surface area contributed by atoms with Crippen molar-refractivity contribution in [2.24, 2.45) is 5.73 Å². The van der Waals surface area contributed by atoms with Crippen LogP contribution in [0.2, 0.25) is 5.02 Å². The second kappa shape index (κ2) is 5.83. The molecular formula is C10H12ClNOS. The van der Waals surface area contributed by atoms with Crippen LogP contribution in [0.15, 0.2) is 24.3 Å². The summed E-state index contributed by atoms with van der Waals surface area (Å²) in [5, 5.41) is 0.709. The molecule has 2 N–H and O–H groups in total. The first-order valence-corrected chi connectivity index (χ1v) is 5.14. The number of benzene rings is 1. The van der Waals surface area contributed by atoms with Gasteiger partial charge in [0.25, 0.3) is 0 Å². The standard InChI is InChI=1S/C10H12ClNOS/c11-8-3-5-9(6-4-8)13-7-1-2-10(12)14/h3-6H,1-2,7H2,(H2,12,14). The lowest BCUT2D eigenvalue weighted by Crippen LogP contribution is -2.09. The average Bonchev–Trinajstić information content (AvgIpc) is 2.15. The average molecular weight is 230 g/mol. The van der Waals surface area contributed by atoms with Gasteiger partial charge in [0.1, 0.15) is 5.75 Å². The van der Waals surface area contributed by atoms with Crippen LogP contribution in [-0.2, 0) is 0 Å². The second-order valence-corrected chi connectivity index (χ2v) is 3.83. The Balaban J connectivity index is 2.25. The van der Waals surface area contributed by atoms with E-state index >= 15 is 0 Å². The number of thiocarbonyl (C=S) groups is 1. The SMILES string of the molecule is NC(=S)CCCOc1ccc(Cl)cc1. The number of nitrogens with two attached hydrogens (primary N) is 1. The van der Waals surface area contributed by atoms with Crippen LogP contribution < -0.4 is 10.5 Å². The van der Waals surface area contributed by atoms with Gasteiger partial charge in [0.2, 0.25) is 0 Å².